The van der Waals surface area contributed by atoms with Gasteiger partial charge in [-0.15, -0.1) is 0 Å². The SMILES string of the molecule is O=C(O)COC1CCC(N(Cc2ccccc2)Cc2ccccc2)CC1. The van der Waals surface area contributed by atoms with Gasteiger partial charge in [-0.1, -0.05) is 60.7 Å². The average Bonchev–Trinajstić information content (AvgIpc) is 2.68. The fourth-order valence-electron chi connectivity index (χ4n) is 3.72. The van der Waals surface area contributed by atoms with Crippen molar-refractivity contribution in [3.05, 3.63) is 71.8 Å². The first-order chi connectivity index (χ1) is 12.7. The van der Waals surface area contributed by atoms with Gasteiger partial charge in [-0.05, 0) is 36.8 Å². The van der Waals surface area contributed by atoms with Crippen molar-refractivity contribution in [1.29, 1.82) is 0 Å². The highest BCUT2D eigenvalue weighted by atomic mass is 16.5. The average molecular weight is 353 g/mol. The van der Waals surface area contributed by atoms with E-state index in [4.69, 9.17) is 9.84 Å². The van der Waals surface area contributed by atoms with Gasteiger partial charge < -0.3 is 9.84 Å². The molecule has 0 aliphatic heterocycles. The minimum atomic E-state index is -0.887. The standard InChI is InChI=1S/C22H27NO3/c24-22(25)17-26-21-13-11-20(12-14-21)23(15-18-7-3-1-4-8-18)16-19-9-5-2-6-10-19/h1-10,20-21H,11-17H2,(H,24,25). The Hall–Kier alpha value is -2.17. The van der Waals surface area contributed by atoms with Crippen LogP contribution in [0.25, 0.3) is 0 Å². The highest BCUT2D eigenvalue weighted by Gasteiger charge is 2.26. The molecule has 1 aliphatic carbocycles. The minimum Gasteiger partial charge on any atom is -0.480 e. The van der Waals surface area contributed by atoms with E-state index in [2.05, 4.69) is 65.6 Å². The predicted octanol–water partition coefficient (Wildman–Crippen LogP) is 4.10. The molecule has 2 aromatic rings. The van der Waals surface area contributed by atoms with Crippen molar-refractivity contribution in [3.63, 3.8) is 0 Å². The van der Waals surface area contributed by atoms with Gasteiger partial charge in [0.05, 0.1) is 6.10 Å². The maximum absolute atomic E-state index is 10.7. The molecule has 1 aliphatic rings. The quantitative estimate of drug-likeness (QED) is 0.776. The summed E-state index contributed by atoms with van der Waals surface area (Å²) >= 11 is 0. The highest BCUT2D eigenvalue weighted by Crippen LogP contribution is 2.27. The lowest BCUT2D eigenvalue weighted by molar-refractivity contribution is -0.145. The Morgan fingerprint density at radius 1 is 0.885 bits per heavy atom. The summed E-state index contributed by atoms with van der Waals surface area (Å²) in [7, 11) is 0. The molecule has 1 saturated carbocycles. The molecule has 1 fully saturated rings. The molecule has 0 saturated heterocycles. The smallest absolute Gasteiger partial charge is 0.329 e. The van der Waals surface area contributed by atoms with Crippen LogP contribution < -0.4 is 0 Å². The number of ether oxygens (including phenoxy) is 1. The van der Waals surface area contributed by atoms with Gasteiger partial charge in [-0.2, -0.15) is 0 Å². The lowest BCUT2D eigenvalue weighted by atomic mass is 9.91. The molecule has 0 amide bonds. The van der Waals surface area contributed by atoms with Crippen LogP contribution in [0.1, 0.15) is 36.8 Å². The van der Waals surface area contributed by atoms with Crippen LogP contribution in [0.4, 0.5) is 0 Å². The van der Waals surface area contributed by atoms with Crippen molar-refractivity contribution in [2.45, 2.75) is 50.9 Å². The Morgan fingerprint density at radius 3 is 1.85 bits per heavy atom. The summed E-state index contributed by atoms with van der Waals surface area (Å²) in [5.74, 6) is -0.887. The number of hydrogen-bond donors (Lipinski definition) is 1. The van der Waals surface area contributed by atoms with Crippen molar-refractivity contribution in [2.75, 3.05) is 6.61 Å². The molecule has 138 valence electrons. The fourth-order valence-corrected chi connectivity index (χ4v) is 3.72. The zero-order chi connectivity index (χ0) is 18.2. The van der Waals surface area contributed by atoms with Crippen LogP contribution in [0.15, 0.2) is 60.7 Å². The molecule has 1 N–H and O–H groups in total. The van der Waals surface area contributed by atoms with Crippen molar-refractivity contribution in [1.82, 2.24) is 4.90 Å². The van der Waals surface area contributed by atoms with E-state index in [-0.39, 0.29) is 12.7 Å². The molecule has 3 rings (SSSR count). The Morgan fingerprint density at radius 2 is 1.38 bits per heavy atom. The second kappa shape index (κ2) is 9.51. The van der Waals surface area contributed by atoms with Crippen LogP contribution in [0.2, 0.25) is 0 Å². The Bertz CT molecular complexity index is 625. The Kier molecular flexibility index (Phi) is 6.81. The third kappa shape index (κ3) is 5.68. The summed E-state index contributed by atoms with van der Waals surface area (Å²) in [4.78, 5) is 13.2. The molecular weight excluding hydrogens is 326 g/mol. The van der Waals surface area contributed by atoms with Crippen LogP contribution in [-0.2, 0) is 22.6 Å². The van der Waals surface area contributed by atoms with Gasteiger partial charge in [0.1, 0.15) is 6.61 Å². The molecule has 0 spiro atoms. The lowest BCUT2D eigenvalue weighted by Gasteiger charge is -2.37. The third-order valence-electron chi connectivity index (χ3n) is 5.06. The second-order valence-corrected chi connectivity index (χ2v) is 7.01. The lowest BCUT2D eigenvalue weighted by Crippen LogP contribution is -2.39. The molecule has 0 unspecified atom stereocenters. The predicted molar refractivity (Wildman–Crippen MR) is 102 cm³/mol. The second-order valence-electron chi connectivity index (χ2n) is 7.01. The zero-order valence-corrected chi connectivity index (χ0v) is 15.1. The van der Waals surface area contributed by atoms with E-state index < -0.39 is 5.97 Å². The van der Waals surface area contributed by atoms with Gasteiger partial charge in [-0.3, -0.25) is 4.90 Å². The molecule has 0 bridgehead atoms. The maximum Gasteiger partial charge on any atom is 0.329 e. The monoisotopic (exact) mass is 353 g/mol. The zero-order valence-electron chi connectivity index (χ0n) is 15.1. The van der Waals surface area contributed by atoms with Gasteiger partial charge in [0, 0.05) is 19.1 Å². The van der Waals surface area contributed by atoms with E-state index >= 15 is 0 Å². The van der Waals surface area contributed by atoms with Crippen LogP contribution in [0.3, 0.4) is 0 Å². The van der Waals surface area contributed by atoms with Crippen LogP contribution >= 0.6 is 0 Å². The van der Waals surface area contributed by atoms with Gasteiger partial charge >= 0.3 is 5.97 Å². The molecule has 0 atom stereocenters. The summed E-state index contributed by atoms with van der Waals surface area (Å²) in [6, 6.07) is 21.7. The van der Waals surface area contributed by atoms with E-state index in [0.29, 0.717) is 6.04 Å². The first kappa shape index (κ1) is 18.6. The largest absolute Gasteiger partial charge is 0.480 e. The summed E-state index contributed by atoms with van der Waals surface area (Å²) in [6.07, 6.45) is 4.03. The number of carboxylic acid groups (broad SMARTS) is 1. The third-order valence-corrected chi connectivity index (χ3v) is 5.06. The molecule has 2 aromatic carbocycles. The van der Waals surface area contributed by atoms with Crippen LogP contribution in [-0.4, -0.2) is 34.7 Å². The number of carboxylic acids is 1. The van der Waals surface area contributed by atoms with Gasteiger partial charge in [0.2, 0.25) is 0 Å². The topological polar surface area (TPSA) is 49.8 Å². The Labute approximate surface area is 155 Å². The normalized spacial score (nSPS) is 20.2. The first-order valence-corrected chi connectivity index (χ1v) is 9.36. The summed E-state index contributed by atoms with van der Waals surface area (Å²) in [5, 5.41) is 8.78. The fraction of sp³-hybridized carbons (Fsp3) is 0.409. The highest BCUT2D eigenvalue weighted by molar-refractivity contribution is 5.68. The molecule has 4 heteroatoms. The minimum absolute atomic E-state index is 0.0812. The number of rotatable bonds is 8. The molecule has 4 nitrogen and oxygen atoms in total. The van der Waals surface area contributed by atoms with E-state index in [1.807, 2.05) is 0 Å². The molecule has 26 heavy (non-hydrogen) atoms. The van der Waals surface area contributed by atoms with Gasteiger partial charge in [-0.25, -0.2) is 4.79 Å². The van der Waals surface area contributed by atoms with Crippen molar-refractivity contribution >= 4 is 5.97 Å². The molecule has 0 aromatic heterocycles. The summed E-state index contributed by atoms with van der Waals surface area (Å²) in [6.45, 7) is 1.68. The number of nitrogens with zero attached hydrogens (tertiary/aromatic N) is 1. The first-order valence-electron chi connectivity index (χ1n) is 9.36. The van der Waals surface area contributed by atoms with E-state index in [9.17, 15) is 4.79 Å². The molecule has 0 radical (unpaired) electrons. The number of hydrogen-bond acceptors (Lipinski definition) is 3. The van der Waals surface area contributed by atoms with E-state index in [1.54, 1.807) is 0 Å². The van der Waals surface area contributed by atoms with Gasteiger partial charge in [0.25, 0.3) is 0 Å². The Balaban J connectivity index is 1.63. The van der Waals surface area contributed by atoms with Crippen LogP contribution in [0.5, 0.6) is 0 Å². The van der Waals surface area contributed by atoms with Gasteiger partial charge in [0.15, 0.2) is 0 Å². The number of carbonyl (C=O) groups is 1. The molecular formula is C22H27NO3. The number of benzene rings is 2. The van der Waals surface area contributed by atoms with Crippen LogP contribution in [0, 0.1) is 0 Å². The molecule has 0 heterocycles. The number of aliphatic carboxylic acids is 1. The summed E-state index contributed by atoms with van der Waals surface area (Å²) in [5.41, 5.74) is 2.65. The summed E-state index contributed by atoms with van der Waals surface area (Å²) < 4.78 is 5.49. The van der Waals surface area contributed by atoms with E-state index in [0.717, 1.165) is 38.8 Å². The van der Waals surface area contributed by atoms with Crippen molar-refractivity contribution < 1.29 is 14.6 Å². The maximum atomic E-state index is 10.7. The van der Waals surface area contributed by atoms with E-state index in [1.165, 1.54) is 11.1 Å². The van der Waals surface area contributed by atoms with Crippen molar-refractivity contribution in [3.8, 4) is 0 Å². The van der Waals surface area contributed by atoms with Crippen molar-refractivity contribution in [2.24, 2.45) is 0 Å².